The van der Waals surface area contributed by atoms with E-state index >= 15 is 0 Å². The maximum atomic E-state index is 12.7. The monoisotopic (exact) mass is 275 g/mol. The largest absolute Gasteiger partial charge is 0.478 e. The normalized spacial score (nSPS) is 17.5. The van der Waals surface area contributed by atoms with Gasteiger partial charge in [0, 0.05) is 12.5 Å². The molecule has 0 heterocycles. The lowest BCUT2D eigenvalue weighted by Crippen LogP contribution is -2.42. The summed E-state index contributed by atoms with van der Waals surface area (Å²) in [6.07, 6.45) is 5.07. The highest BCUT2D eigenvalue weighted by atomic mass is 16.4. The van der Waals surface area contributed by atoms with E-state index in [1.807, 2.05) is 6.92 Å². The number of para-hydroxylation sites is 1. The van der Waals surface area contributed by atoms with Gasteiger partial charge in [-0.05, 0) is 25.0 Å². The van der Waals surface area contributed by atoms with Gasteiger partial charge in [0.25, 0.3) is 0 Å². The SMILES string of the molecule is CN(C(=O)C1(C)CCCCC1)c1ccccc1C(=O)O. The van der Waals surface area contributed by atoms with Gasteiger partial charge in [0.05, 0.1) is 11.3 Å². The number of anilines is 1. The number of hydrogen-bond acceptors (Lipinski definition) is 2. The second-order valence-electron chi connectivity index (χ2n) is 5.81. The Morgan fingerprint density at radius 2 is 1.75 bits per heavy atom. The molecule has 1 amide bonds. The van der Waals surface area contributed by atoms with Crippen molar-refractivity contribution in [3.05, 3.63) is 29.8 Å². The Kier molecular flexibility index (Phi) is 4.12. The average Bonchev–Trinajstić information content (AvgIpc) is 2.46. The number of nitrogens with zero attached hydrogens (tertiary/aromatic N) is 1. The van der Waals surface area contributed by atoms with Crippen LogP contribution in [0.4, 0.5) is 5.69 Å². The zero-order chi connectivity index (χ0) is 14.8. The Hall–Kier alpha value is -1.84. The lowest BCUT2D eigenvalue weighted by Gasteiger charge is -2.36. The minimum absolute atomic E-state index is 0.0194. The molecule has 0 unspecified atom stereocenters. The zero-order valence-corrected chi connectivity index (χ0v) is 12.1. The standard InChI is InChI=1S/C16H21NO3/c1-16(10-6-3-7-11-16)15(20)17(2)13-9-5-4-8-12(13)14(18)19/h4-5,8-9H,3,6-7,10-11H2,1-2H3,(H,18,19). The lowest BCUT2D eigenvalue weighted by atomic mass is 9.74. The third-order valence-electron chi connectivity index (χ3n) is 4.27. The number of carboxylic acid groups (broad SMARTS) is 1. The predicted octanol–water partition coefficient (Wildman–Crippen LogP) is 3.32. The van der Waals surface area contributed by atoms with Gasteiger partial charge in [-0.1, -0.05) is 38.3 Å². The summed E-state index contributed by atoms with van der Waals surface area (Å²) in [7, 11) is 1.67. The molecule has 1 aliphatic carbocycles. The third-order valence-corrected chi connectivity index (χ3v) is 4.27. The molecule has 4 heteroatoms. The van der Waals surface area contributed by atoms with Crippen LogP contribution in [0, 0.1) is 5.41 Å². The van der Waals surface area contributed by atoms with Crippen molar-refractivity contribution in [2.24, 2.45) is 5.41 Å². The summed E-state index contributed by atoms with van der Waals surface area (Å²) in [4.78, 5) is 25.5. The zero-order valence-electron chi connectivity index (χ0n) is 12.1. The number of carboxylic acids is 1. The molecule has 0 bridgehead atoms. The van der Waals surface area contributed by atoms with E-state index in [4.69, 9.17) is 0 Å². The first-order chi connectivity index (χ1) is 9.46. The summed E-state index contributed by atoms with van der Waals surface area (Å²) in [5, 5.41) is 9.23. The number of rotatable bonds is 3. The molecule has 1 aromatic carbocycles. The van der Waals surface area contributed by atoms with E-state index in [9.17, 15) is 14.7 Å². The Morgan fingerprint density at radius 1 is 1.15 bits per heavy atom. The number of aromatic carboxylic acids is 1. The van der Waals surface area contributed by atoms with Crippen molar-refractivity contribution in [2.75, 3.05) is 11.9 Å². The van der Waals surface area contributed by atoms with E-state index in [1.165, 1.54) is 17.4 Å². The Balaban J connectivity index is 2.29. The summed E-state index contributed by atoms with van der Waals surface area (Å²) in [6, 6.07) is 6.65. The molecule has 1 N–H and O–H groups in total. The molecule has 20 heavy (non-hydrogen) atoms. The maximum Gasteiger partial charge on any atom is 0.337 e. The van der Waals surface area contributed by atoms with Crippen molar-refractivity contribution in [2.45, 2.75) is 39.0 Å². The smallest absolute Gasteiger partial charge is 0.337 e. The van der Waals surface area contributed by atoms with Gasteiger partial charge in [0.2, 0.25) is 5.91 Å². The van der Waals surface area contributed by atoms with Crippen LogP contribution >= 0.6 is 0 Å². The Labute approximate surface area is 119 Å². The van der Waals surface area contributed by atoms with Gasteiger partial charge in [0.1, 0.15) is 0 Å². The summed E-state index contributed by atoms with van der Waals surface area (Å²) >= 11 is 0. The molecule has 0 spiro atoms. The fourth-order valence-electron chi connectivity index (χ4n) is 3.01. The van der Waals surface area contributed by atoms with E-state index in [1.54, 1.807) is 25.2 Å². The van der Waals surface area contributed by atoms with Gasteiger partial charge < -0.3 is 10.0 Å². The Morgan fingerprint density at radius 3 is 2.35 bits per heavy atom. The third kappa shape index (κ3) is 2.69. The molecule has 1 saturated carbocycles. The van der Waals surface area contributed by atoms with Gasteiger partial charge in [0.15, 0.2) is 0 Å². The first-order valence-corrected chi connectivity index (χ1v) is 7.06. The van der Waals surface area contributed by atoms with Crippen molar-refractivity contribution < 1.29 is 14.7 Å². The minimum Gasteiger partial charge on any atom is -0.478 e. The van der Waals surface area contributed by atoms with Gasteiger partial charge in [-0.3, -0.25) is 4.79 Å². The number of carbonyl (C=O) groups is 2. The first-order valence-electron chi connectivity index (χ1n) is 7.06. The number of benzene rings is 1. The first kappa shape index (κ1) is 14.6. The molecule has 4 nitrogen and oxygen atoms in total. The lowest BCUT2D eigenvalue weighted by molar-refractivity contribution is -0.128. The maximum absolute atomic E-state index is 12.7. The van der Waals surface area contributed by atoms with E-state index in [-0.39, 0.29) is 16.9 Å². The van der Waals surface area contributed by atoms with E-state index in [0.29, 0.717) is 5.69 Å². The summed E-state index contributed by atoms with van der Waals surface area (Å²) in [6.45, 7) is 1.99. The molecule has 0 aromatic heterocycles. The van der Waals surface area contributed by atoms with Gasteiger partial charge in [-0.25, -0.2) is 4.79 Å². The molecule has 0 atom stereocenters. The highest BCUT2D eigenvalue weighted by molar-refractivity contribution is 6.03. The molecule has 108 valence electrons. The van der Waals surface area contributed by atoms with Crippen LogP contribution in [0.5, 0.6) is 0 Å². The average molecular weight is 275 g/mol. The predicted molar refractivity (Wildman–Crippen MR) is 78.0 cm³/mol. The van der Waals surface area contributed by atoms with Gasteiger partial charge in [-0.15, -0.1) is 0 Å². The molecule has 2 rings (SSSR count). The van der Waals surface area contributed by atoms with Crippen LogP contribution < -0.4 is 4.90 Å². The van der Waals surface area contributed by atoms with Crippen molar-refractivity contribution in [1.82, 2.24) is 0 Å². The second kappa shape index (κ2) is 5.65. The minimum atomic E-state index is -1.01. The molecule has 1 aliphatic rings. The molecular formula is C16H21NO3. The summed E-state index contributed by atoms with van der Waals surface area (Å²) < 4.78 is 0. The van der Waals surface area contributed by atoms with Gasteiger partial charge in [-0.2, -0.15) is 0 Å². The van der Waals surface area contributed by atoms with Crippen LogP contribution in [0.15, 0.2) is 24.3 Å². The van der Waals surface area contributed by atoms with E-state index < -0.39 is 5.97 Å². The van der Waals surface area contributed by atoms with Crippen LogP contribution in [0.3, 0.4) is 0 Å². The van der Waals surface area contributed by atoms with Crippen molar-refractivity contribution in [1.29, 1.82) is 0 Å². The topological polar surface area (TPSA) is 57.6 Å². The van der Waals surface area contributed by atoms with Gasteiger partial charge >= 0.3 is 5.97 Å². The van der Waals surface area contributed by atoms with Crippen LogP contribution in [-0.4, -0.2) is 24.0 Å². The van der Waals surface area contributed by atoms with Crippen molar-refractivity contribution in [3.63, 3.8) is 0 Å². The van der Waals surface area contributed by atoms with Crippen LogP contribution in [0.25, 0.3) is 0 Å². The highest BCUT2D eigenvalue weighted by Crippen LogP contribution is 2.38. The highest BCUT2D eigenvalue weighted by Gasteiger charge is 2.37. The Bertz CT molecular complexity index is 518. The van der Waals surface area contributed by atoms with E-state index in [0.717, 1.165) is 25.7 Å². The summed E-state index contributed by atoms with van der Waals surface area (Å²) in [5.41, 5.74) is 0.276. The molecule has 0 aliphatic heterocycles. The number of amides is 1. The molecular weight excluding hydrogens is 254 g/mol. The molecule has 0 saturated heterocycles. The van der Waals surface area contributed by atoms with Crippen molar-refractivity contribution in [3.8, 4) is 0 Å². The molecule has 1 fully saturated rings. The van der Waals surface area contributed by atoms with Crippen molar-refractivity contribution >= 4 is 17.6 Å². The number of carbonyl (C=O) groups excluding carboxylic acids is 1. The fraction of sp³-hybridized carbons (Fsp3) is 0.500. The quantitative estimate of drug-likeness (QED) is 0.920. The van der Waals surface area contributed by atoms with Crippen LogP contribution in [0.2, 0.25) is 0 Å². The molecule has 1 aromatic rings. The summed E-state index contributed by atoms with van der Waals surface area (Å²) in [5.74, 6) is -0.986. The van der Waals surface area contributed by atoms with Crippen LogP contribution in [-0.2, 0) is 4.79 Å². The second-order valence-corrected chi connectivity index (χ2v) is 5.81. The number of hydrogen-bond donors (Lipinski definition) is 1. The fourth-order valence-corrected chi connectivity index (χ4v) is 3.01. The van der Waals surface area contributed by atoms with Crippen LogP contribution in [0.1, 0.15) is 49.4 Å². The molecule has 0 radical (unpaired) electrons. The van der Waals surface area contributed by atoms with E-state index in [2.05, 4.69) is 0 Å².